The predicted molar refractivity (Wildman–Crippen MR) is 86.3 cm³/mol. The van der Waals surface area contributed by atoms with Gasteiger partial charge in [0.1, 0.15) is 11.9 Å². The minimum Gasteiger partial charge on any atom is -0.507 e. The number of phenolic OH excluding ortho intramolecular Hbond substituents is 1. The standard InChI is InChI=1S/C18H24O4/c1-10(2)6-16(20)14-8-13(12(5)19)9-15(18(14)22)17(21)7-11(3)4/h6,8-9,11,16,20,22H,7H2,1-5H3/t16-/m0/s1. The maximum Gasteiger partial charge on any atom is 0.166 e. The quantitative estimate of drug-likeness (QED) is 0.619. The largest absolute Gasteiger partial charge is 0.507 e. The summed E-state index contributed by atoms with van der Waals surface area (Å²) in [6, 6.07) is 2.84. The number of hydrogen-bond acceptors (Lipinski definition) is 4. The van der Waals surface area contributed by atoms with E-state index in [1.54, 1.807) is 6.08 Å². The number of carbonyl (C=O) groups is 2. The van der Waals surface area contributed by atoms with Gasteiger partial charge in [-0.2, -0.15) is 0 Å². The smallest absolute Gasteiger partial charge is 0.166 e. The molecule has 0 spiro atoms. The summed E-state index contributed by atoms with van der Waals surface area (Å²) >= 11 is 0. The van der Waals surface area contributed by atoms with E-state index in [1.807, 2.05) is 27.7 Å². The van der Waals surface area contributed by atoms with E-state index >= 15 is 0 Å². The Morgan fingerprint density at radius 1 is 1.18 bits per heavy atom. The lowest BCUT2D eigenvalue weighted by molar-refractivity contribution is 0.0964. The van der Waals surface area contributed by atoms with Gasteiger partial charge in [0.25, 0.3) is 0 Å². The first kappa shape index (κ1) is 18.1. The summed E-state index contributed by atoms with van der Waals surface area (Å²) in [6.45, 7) is 8.84. The molecule has 0 aromatic heterocycles. The molecular formula is C18H24O4. The van der Waals surface area contributed by atoms with Gasteiger partial charge in [0.05, 0.1) is 5.56 Å². The molecule has 4 nitrogen and oxygen atoms in total. The average molecular weight is 304 g/mol. The number of phenols is 1. The van der Waals surface area contributed by atoms with Gasteiger partial charge in [0.2, 0.25) is 0 Å². The van der Waals surface area contributed by atoms with Gasteiger partial charge in [0, 0.05) is 17.5 Å². The number of Topliss-reactive ketones (excluding diaryl/α,β-unsaturated/α-hetero) is 2. The van der Waals surface area contributed by atoms with Crippen LogP contribution in [0.3, 0.4) is 0 Å². The Morgan fingerprint density at radius 2 is 1.77 bits per heavy atom. The molecular weight excluding hydrogens is 280 g/mol. The number of hydrogen-bond donors (Lipinski definition) is 2. The molecule has 0 radical (unpaired) electrons. The Hall–Kier alpha value is -1.94. The van der Waals surface area contributed by atoms with Gasteiger partial charge in [-0.25, -0.2) is 0 Å². The maximum atomic E-state index is 12.3. The normalized spacial score (nSPS) is 12.1. The van der Waals surface area contributed by atoms with Crippen molar-refractivity contribution in [2.45, 2.75) is 47.1 Å². The number of carbonyl (C=O) groups excluding carboxylic acids is 2. The molecule has 0 heterocycles. The SMILES string of the molecule is CC(=O)c1cc(C(=O)CC(C)C)c(O)c([C@@H](O)C=C(C)C)c1. The Kier molecular flexibility index (Phi) is 6.06. The van der Waals surface area contributed by atoms with Crippen molar-refractivity contribution in [3.63, 3.8) is 0 Å². The highest BCUT2D eigenvalue weighted by Gasteiger charge is 2.21. The summed E-state index contributed by atoms with van der Waals surface area (Å²) in [5.41, 5.74) is 1.45. The van der Waals surface area contributed by atoms with E-state index in [1.165, 1.54) is 19.1 Å². The summed E-state index contributed by atoms with van der Waals surface area (Å²) in [6.07, 6.45) is 0.776. The number of aliphatic hydroxyl groups excluding tert-OH is 1. The molecule has 0 aliphatic heterocycles. The number of aromatic hydroxyl groups is 1. The molecule has 1 aromatic carbocycles. The molecule has 2 N–H and O–H groups in total. The van der Waals surface area contributed by atoms with Gasteiger partial charge < -0.3 is 10.2 Å². The Bertz CT molecular complexity index is 608. The zero-order valence-corrected chi connectivity index (χ0v) is 13.8. The molecule has 0 fully saturated rings. The van der Waals surface area contributed by atoms with Gasteiger partial charge in [-0.1, -0.05) is 25.5 Å². The van der Waals surface area contributed by atoms with E-state index in [2.05, 4.69) is 0 Å². The molecule has 4 heteroatoms. The number of allylic oxidation sites excluding steroid dienone is 1. The Balaban J connectivity index is 3.45. The van der Waals surface area contributed by atoms with Crippen molar-refractivity contribution in [2.24, 2.45) is 5.92 Å². The van der Waals surface area contributed by atoms with Gasteiger partial charge in [-0.3, -0.25) is 9.59 Å². The van der Waals surface area contributed by atoms with Crippen LogP contribution >= 0.6 is 0 Å². The highest BCUT2D eigenvalue weighted by molar-refractivity contribution is 6.03. The minimum absolute atomic E-state index is 0.0950. The second-order valence-electron chi connectivity index (χ2n) is 6.23. The van der Waals surface area contributed by atoms with Crippen molar-refractivity contribution < 1.29 is 19.8 Å². The first-order chi connectivity index (χ1) is 10.1. The third-order valence-corrected chi connectivity index (χ3v) is 3.25. The molecule has 0 unspecified atom stereocenters. The van der Waals surface area contributed by atoms with Crippen LogP contribution in [0.15, 0.2) is 23.8 Å². The molecule has 0 aliphatic rings. The fraction of sp³-hybridized carbons (Fsp3) is 0.444. The van der Waals surface area contributed by atoms with Crippen LogP contribution in [-0.2, 0) is 0 Å². The Labute approximate surface area is 131 Å². The molecule has 1 atom stereocenters. The molecule has 1 rings (SSSR count). The lowest BCUT2D eigenvalue weighted by Crippen LogP contribution is -2.09. The zero-order chi connectivity index (χ0) is 17.0. The number of ketones is 2. The van der Waals surface area contributed by atoms with E-state index in [0.29, 0.717) is 5.56 Å². The monoisotopic (exact) mass is 304 g/mol. The first-order valence-electron chi connectivity index (χ1n) is 7.37. The van der Waals surface area contributed by atoms with Crippen molar-refractivity contribution in [3.05, 3.63) is 40.5 Å². The Morgan fingerprint density at radius 3 is 2.23 bits per heavy atom. The summed E-state index contributed by atoms with van der Waals surface area (Å²) in [5.74, 6) is -0.565. The van der Waals surface area contributed by atoms with E-state index in [0.717, 1.165) is 5.57 Å². The van der Waals surface area contributed by atoms with E-state index in [9.17, 15) is 19.8 Å². The van der Waals surface area contributed by atoms with Crippen LogP contribution in [-0.4, -0.2) is 21.8 Å². The van der Waals surface area contributed by atoms with Crippen molar-refractivity contribution in [3.8, 4) is 5.75 Å². The topological polar surface area (TPSA) is 74.6 Å². The van der Waals surface area contributed by atoms with Gasteiger partial charge in [-0.05, 0) is 38.8 Å². The van der Waals surface area contributed by atoms with Crippen LogP contribution in [0.4, 0.5) is 0 Å². The number of aliphatic hydroxyl groups is 1. The molecule has 22 heavy (non-hydrogen) atoms. The summed E-state index contributed by atoms with van der Waals surface area (Å²) in [7, 11) is 0. The molecule has 0 bridgehead atoms. The summed E-state index contributed by atoms with van der Waals surface area (Å²) in [4.78, 5) is 23.9. The van der Waals surface area contributed by atoms with Crippen molar-refractivity contribution in [1.82, 2.24) is 0 Å². The third-order valence-electron chi connectivity index (χ3n) is 3.25. The van der Waals surface area contributed by atoms with Crippen LogP contribution < -0.4 is 0 Å². The second kappa shape index (κ2) is 7.36. The molecule has 0 saturated heterocycles. The minimum atomic E-state index is -1.06. The van der Waals surface area contributed by atoms with Crippen LogP contribution in [0, 0.1) is 5.92 Å². The highest BCUT2D eigenvalue weighted by atomic mass is 16.3. The zero-order valence-electron chi connectivity index (χ0n) is 13.8. The lowest BCUT2D eigenvalue weighted by Gasteiger charge is -2.15. The fourth-order valence-corrected chi connectivity index (χ4v) is 2.18. The van der Waals surface area contributed by atoms with Crippen LogP contribution in [0.1, 0.15) is 73.4 Å². The molecule has 0 saturated carbocycles. The van der Waals surface area contributed by atoms with E-state index in [4.69, 9.17) is 0 Å². The molecule has 120 valence electrons. The molecule has 0 amide bonds. The maximum absolute atomic E-state index is 12.3. The number of rotatable bonds is 6. The molecule has 0 aliphatic carbocycles. The fourth-order valence-electron chi connectivity index (χ4n) is 2.18. The van der Waals surface area contributed by atoms with Crippen LogP contribution in [0.25, 0.3) is 0 Å². The lowest BCUT2D eigenvalue weighted by atomic mass is 9.93. The van der Waals surface area contributed by atoms with Crippen LogP contribution in [0.5, 0.6) is 5.75 Å². The second-order valence-corrected chi connectivity index (χ2v) is 6.23. The van der Waals surface area contributed by atoms with E-state index in [-0.39, 0.29) is 40.8 Å². The average Bonchev–Trinajstić information content (AvgIpc) is 2.36. The highest BCUT2D eigenvalue weighted by Crippen LogP contribution is 2.32. The summed E-state index contributed by atoms with van der Waals surface area (Å²) < 4.78 is 0. The van der Waals surface area contributed by atoms with Crippen LogP contribution in [0.2, 0.25) is 0 Å². The first-order valence-corrected chi connectivity index (χ1v) is 7.37. The van der Waals surface area contributed by atoms with Crippen molar-refractivity contribution in [1.29, 1.82) is 0 Å². The van der Waals surface area contributed by atoms with Gasteiger partial charge in [0.15, 0.2) is 11.6 Å². The number of benzene rings is 1. The third kappa shape index (κ3) is 4.53. The van der Waals surface area contributed by atoms with Gasteiger partial charge in [-0.15, -0.1) is 0 Å². The van der Waals surface area contributed by atoms with Crippen molar-refractivity contribution >= 4 is 11.6 Å². The predicted octanol–water partition coefficient (Wildman–Crippen LogP) is 3.82. The van der Waals surface area contributed by atoms with Gasteiger partial charge >= 0.3 is 0 Å². The summed E-state index contributed by atoms with van der Waals surface area (Å²) in [5, 5.41) is 20.5. The van der Waals surface area contributed by atoms with Crippen molar-refractivity contribution in [2.75, 3.05) is 0 Å². The van der Waals surface area contributed by atoms with E-state index < -0.39 is 6.10 Å². The molecule has 1 aromatic rings.